The van der Waals surface area contributed by atoms with Crippen LogP contribution in [0.25, 0.3) is 0 Å². The van der Waals surface area contributed by atoms with Gasteiger partial charge in [-0.25, -0.2) is 0 Å². The molecule has 0 aliphatic heterocycles. The lowest BCUT2D eigenvalue weighted by Gasteiger charge is -2.06. The first kappa shape index (κ1) is 10.4. The van der Waals surface area contributed by atoms with Gasteiger partial charge in [0.15, 0.2) is 0 Å². The van der Waals surface area contributed by atoms with Crippen LogP contribution >= 0.6 is 0 Å². The molecule has 0 bridgehead atoms. The smallest absolute Gasteiger partial charge is 0.150 e. The summed E-state index contributed by atoms with van der Waals surface area (Å²) in [5.41, 5.74) is 1.80. The Kier molecular flexibility index (Phi) is 3.01. The van der Waals surface area contributed by atoms with Crippen molar-refractivity contribution in [3.05, 3.63) is 59.7 Å². The van der Waals surface area contributed by atoms with E-state index in [1.165, 1.54) is 0 Å². The molecule has 0 radical (unpaired) electrons. The molecule has 0 saturated carbocycles. The number of carbonyl (C=O) groups excluding carboxylic acids is 1. The highest BCUT2D eigenvalue weighted by Crippen LogP contribution is 2.21. The minimum absolute atomic E-state index is 0.650. The molecule has 16 heavy (non-hydrogen) atoms. The third-order valence-corrected chi connectivity index (χ3v) is 2.24. The summed E-state index contributed by atoms with van der Waals surface area (Å²) in [4.78, 5) is 10.5. The van der Waals surface area contributed by atoms with Crippen molar-refractivity contribution >= 4 is 6.29 Å². The molecule has 0 spiro atoms. The van der Waals surface area contributed by atoms with Crippen molar-refractivity contribution in [2.45, 2.75) is 6.92 Å². The van der Waals surface area contributed by atoms with Crippen LogP contribution in [0.1, 0.15) is 15.9 Å². The van der Waals surface area contributed by atoms with Gasteiger partial charge in [0.1, 0.15) is 17.8 Å². The molecular formula is C14H12O2. The molecule has 0 aliphatic carbocycles. The minimum Gasteiger partial charge on any atom is -0.457 e. The second-order valence-electron chi connectivity index (χ2n) is 3.61. The molecule has 0 aliphatic rings. The van der Waals surface area contributed by atoms with Gasteiger partial charge in [0.05, 0.1) is 0 Å². The van der Waals surface area contributed by atoms with E-state index < -0.39 is 0 Å². The molecule has 0 heterocycles. The molecule has 0 atom stereocenters. The number of carbonyl (C=O) groups is 1. The molecule has 2 nitrogen and oxygen atoms in total. The molecule has 2 aromatic carbocycles. The Morgan fingerprint density at radius 2 is 1.75 bits per heavy atom. The molecule has 2 aromatic rings. The average Bonchev–Trinajstić information content (AvgIpc) is 2.30. The summed E-state index contributed by atoms with van der Waals surface area (Å²) in [5.74, 6) is 1.54. The van der Waals surface area contributed by atoms with Crippen molar-refractivity contribution in [3.63, 3.8) is 0 Å². The highest BCUT2D eigenvalue weighted by molar-refractivity contribution is 5.74. The fourth-order valence-electron chi connectivity index (χ4n) is 1.43. The highest BCUT2D eigenvalue weighted by atomic mass is 16.5. The fraction of sp³-hybridized carbons (Fsp3) is 0.0714. The van der Waals surface area contributed by atoms with Crippen molar-refractivity contribution in [2.24, 2.45) is 0 Å². The number of rotatable bonds is 3. The quantitative estimate of drug-likeness (QED) is 0.726. The number of aryl methyl sites for hydroxylation is 1. The SMILES string of the molecule is Cc1cccc(Oc2ccc(C=O)cc2)c1. The molecule has 80 valence electrons. The molecule has 2 heteroatoms. The van der Waals surface area contributed by atoms with Gasteiger partial charge in [0.25, 0.3) is 0 Å². The molecule has 0 amide bonds. The number of ether oxygens (including phenoxy) is 1. The fourth-order valence-corrected chi connectivity index (χ4v) is 1.43. The Labute approximate surface area is 94.5 Å². The Morgan fingerprint density at radius 1 is 1.00 bits per heavy atom. The largest absolute Gasteiger partial charge is 0.457 e. The van der Waals surface area contributed by atoms with E-state index in [2.05, 4.69) is 0 Å². The molecule has 0 saturated heterocycles. The van der Waals surface area contributed by atoms with E-state index in [1.807, 2.05) is 31.2 Å². The predicted molar refractivity (Wildman–Crippen MR) is 63.1 cm³/mol. The van der Waals surface area contributed by atoms with Crippen molar-refractivity contribution in [1.29, 1.82) is 0 Å². The first-order chi connectivity index (χ1) is 7.78. The third-order valence-electron chi connectivity index (χ3n) is 2.24. The minimum atomic E-state index is 0.650. The van der Waals surface area contributed by atoms with Crippen LogP contribution in [-0.2, 0) is 0 Å². The van der Waals surface area contributed by atoms with Gasteiger partial charge in [-0.1, -0.05) is 12.1 Å². The van der Waals surface area contributed by atoms with Gasteiger partial charge in [-0.3, -0.25) is 4.79 Å². The van der Waals surface area contributed by atoms with E-state index in [1.54, 1.807) is 24.3 Å². The van der Waals surface area contributed by atoms with E-state index >= 15 is 0 Å². The van der Waals surface area contributed by atoms with Crippen LogP contribution in [0.2, 0.25) is 0 Å². The van der Waals surface area contributed by atoms with E-state index in [9.17, 15) is 4.79 Å². The lowest BCUT2D eigenvalue weighted by molar-refractivity contribution is 0.112. The maximum atomic E-state index is 10.5. The summed E-state index contributed by atoms with van der Waals surface area (Å²) in [6.07, 6.45) is 0.816. The molecule has 0 fully saturated rings. The summed E-state index contributed by atoms with van der Waals surface area (Å²) in [5, 5.41) is 0. The Bertz CT molecular complexity index is 486. The third kappa shape index (κ3) is 2.48. The van der Waals surface area contributed by atoms with Crippen molar-refractivity contribution in [1.82, 2.24) is 0 Å². The monoisotopic (exact) mass is 212 g/mol. The van der Waals surface area contributed by atoms with Gasteiger partial charge >= 0.3 is 0 Å². The zero-order valence-corrected chi connectivity index (χ0v) is 9.01. The van der Waals surface area contributed by atoms with Crippen LogP contribution in [0.5, 0.6) is 11.5 Å². The van der Waals surface area contributed by atoms with Crippen LogP contribution < -0.4 is 4.74 Å². The molecular weight excluding hydrogens is 200 g/mol. The maximum absolute atomic E-state index is 10.5. The molecule has 2 rings (SSSR count). The van der Waals surface area contributed by atoms with Gasteiger partial charge in [-0.05, 0) is 48.9 Å². The van der Waals surface area contributed by atoms with Gasteiger partial charge in [0, 0.05) is 5.56 Å². The zero-order valence-electron chi connectivity index (χ0n) is 9.01. The topological polar surface area (TPSA) is 26.3 Å². The van der Waals surface area contributed by atoms with E-state index in [4.69, 9.17) is 4.74 Å². The first-order valence-corrected chi connectivity index (χ1v) is 5.08. The van der Waals surface area contributed by atoms with Crippen LogP contribution in [0.3, 0.4) is 0 Å². The van der Waals surface area contributed by atoms with Gasteiger partial charge in [-0.15, -0.1) is 0 Å². The van der Waals surface area contributed by atoms with Gasteiger partial charge in [-0.2, -0.15) is 0 Å². The van der Waals surface area contributed by atoms with Crippen molar-refractivity contribution < 1.29 is 9.53 Å². The van der Waals surface area contributed by atoms with E-state index in [0.29, 0.717) is 5.56 Å². The lowest BCUT2D eigenvalue weighted by Crippen LogP contribution is -1.85. The number of aldehydes is 1. The van der Waals surface area contributed by atoms with Crippen LogP contribution in [0, 0.1) is 6.92 Å². The Balaban J connectivity index is 2.17. The summed E-state index contributed by atoms with van der Waals surface area (Å²) in [6, 6.07) is 14.9. The van der Waals surface area contributed by atoms with Crippen LogP contribution in [0.4, 0.5) is 0 Å². The lowest BCUT2D eigenvalue weighted by atomic mass is 10.2. The maximum Gasteiger partial charge on any atom is 0.150 e. The Morgan fingerprint density at radius 3 is 2.38 bits per heavy atom. The summed E-state index contributed by atoms with van der Waals surface area (Å²) in [7, 11) is 0. The van der Waals surface area contributed by atoms with Gasteiger partial charge in [0.2, 0.25) is 0 Å². The average molecular weight is 212 g/mol. The van der Waals surface area contributed by atoms with Crippen LogP contribution in [0.15, 0.2) is 48.5 Å². The number of benzene rings is 2. The molecule has 0 N–H and O–H groups in total. The predicted octanol–water partition coefficient (Wildman–Crippen LogP) is 3.60. The van der Waals surface area contributed by atoms with Gasteiger partial charge < -0.3 is 4.74 Å². The zero-order chi connectivity index (χ0) is 11.4. The van der Waals surface area contributed by atoms with Crippen molar-refractivity contribution in [3.8, 4) is 11.5 Å². The molecule has 0 aromatic heterocycles. The van der Waals surface area contributed by atoms with Crippen LogP contribution in [-0.4, -0.2) is 6.29 Å². The second-order valence-corrected chi connectivity index (χ2v) is 3.61. The molecule has 0 unspecified atom stereocenters. The van der Waals surface area contributed by atoms with E-state index in [0.717, 1.165) is 23.3 Å². The first-order valence-electron chi connectivity index (χ1n) is 5.08. The Hall–Kier alpha value is -2.09. The standard InChI is InChI=1S/C14H12O2/c1-11-3-2-4-14(9-11)16-13-7-5-12(10-15)6-8-13/h2-10H,1H3. The number of hydrogen-bond acceptors (Lipinski definition) is 2. The summed E-state index contributed by atoms with van der Waals surface area (Å²) >= 11 is 0. The van der Waals surface area contributed by atoms with Crippen molar-refractivity contribution in [2.75, 3.05) is 0 Å². The number of hydrogen-bond donors (Lipinski definition) is 0. The second kappa shape index (κ2) is 4.62. The summed E-state index contributed by atoms with van der Waals surface area (Å²) < 4.78 is 5.64. The highest BCUT2D eigenvalue weighted by Gasteiger charge is 1.97. The normalized spacial score (nSPS) is 9.81. The summed E-state index contributed by atoms with van der Waals surface area (Å²) in [6.45, 7) is 2.02. The van der Waals surface area contributed by atoms with E-state index in [-0.39, 0.29) is 0 Å².